The summed E-state index contributed by atoms with van der Waals surface area (Å²) >= 11 is 6.33. The molecule has 140 valence electrons. The molecule has 28 heavy (non-hydrogen) atoms. The minimum atomic E-state index is -0.572. The molecule has 0 aromatic carbocycles. The highest BCUT2D eigenvalue weighted by molar-refractivity contribution is 7.73. The number of aromatic nitrogens is 5. The first-order valence-electron chi connectivity index (χ1n) is 8.55. The molecule has 4 heterocycles. The van der Waals surface area contributed by atoms with Crippen molar-refractivity contribution in [1.29, 1.82) is 0 Å². The lowest BCUT2D eigenvalue weighted by atomic mass is 10.2. The predicted molar refractivity (Wildman–Crippen MR) is 105 cm³/mol. The summed E-state index contributed by atoms with van der Waals surface area (Å²) in [6.45, 7) is 0. The van der Waals surface area contributed by atoms with Gasteiger partial charge in [-0.15, -0.1) is 11.3 Å². The number of aromatic hydroxyl groups is 1. The smallest absolute Gasteiger partial charge is 0.213 e. The second kappa shape index (κ2) is 6.57. The largest absolute Gasteiger partial charge is 0.494 e. The first-order chi connectivity index (χ1) is 13.6. The molecule has 0 radical (unpaired) electrons. The van der Waals surface area contributed by atoms with Gasteiger partial charge in [0.15, 0.2) is 15.1 Å². The first-order valence-corrected chi connectivity index (χ1v) is 9.78. The summed E-state index contributed by atoms with van der Waals surface area (Å²) in [7, 11) is 0. The van der Waals surface area contributed by atoms with Gasteiger partial charge in [0.25, 0.3) is 0 Å². The van der Waals surface area contributed by atoms with Gasteiger partial charge in [-0.1, -0.05) is 0 Å². The fourth-order valence-electron chi connectivity index (χ4n) is 2.83. The topological polar surface area (TPSA) is 91.5 Å². The van der Waals surface area contributed by atoms with E-state index in [4.69, 9.17) is 17.2 Å². The predicted octanol–water partition coefficient (Wildman–Crippen LogP) is 2.37. The Hall–Kier alpha value is -2.98. The number of hydrogen-bond donors (Lipinski definition) is 2. The molecular weight excluding hydrogens is 399 g/mol. The van der Waals surface area contributed by atoms with E-state index in [2.05, 4.69) is 20.1 Å². The SMILES string of the molecule is Oc1[nH]c(=S)sc1C=c1cnn2c(=NC3CC3)cc(-c3ccnc(F)c3)nc12. The van der Waals surface area contributed by atoms with Crippen LogP contribution in [-0.2, 0) is 0 Å². The zero-order valence-corrected chi connectivity index (χ0v) is 16.0. The third-order valence-electron chi connectivity index (χ3n) is 4.31. The van der Waals surface area contributed by atoms with Crippen molar-refractivity contribution in [3.63, 3.8) is 0 Å². The van der Waals surface area contributed by atoms with Crippen LogP contribution in [0.25, 0.3) is 23.0 Å². The zero-order chi connectivity index (χ0) is 19.3. The van der Waals surface area contributed by atoms with E-state index in [1.165, 1.54) is 23.6 Å². The van der Waals surface area contributed by atoms with Gasteiger partial charge in [-0.25, -0.2) is 9.97 Å². The molecule has 0 aliphatic heterocycles. The quantitative estimate of drug-likeness (QED) is 0.398. The second-order valence-corrected chi connectivity index (χ2v) is 8.15. The molecule has 1 fully saturated rings. The molecule has 0 bridgehead atoms. The van der Waals surface area contributed by atoms with Gasteiger partial charge in [0.1, 0.15) is 0 Å². The van der Waals surface area contributed by atoms with Gasteiger partial charge in [-0.3, -0.25) is 4.99 Å². The molecule has 1 saturated carbocycles. The van der Waals surface area contributed by atoms with Crippen LogP contribution < -0.4 is 10.7 Å². The molecule has 5 rings (SSSR count). The third-order valence-corrected chi connectivity index (χ3v) is 5.48. The van der Waals surface area contributed by atoms with Gasteiger partial charge >= 0.3 is 0 Å². The summed E-state index contributed by atoms with van der Waals surface area (Å²) in [5, 5.41) is 15.1. The lowest BCUT2D eigenvalue weighted by Gasteiger charge is -2.03. The van der Waals surface area contributed by atoms with E-state index in [9.17, 15) is 9.50 Å². The van der Waals surface area contributed by atoms with Crippen LogP contribution in [-0.4, -0.2) is 35.7 Å². The second-order valence-electron chi connectivity index (χ2n) is 6.43. The molecule has 0 spiro atoms. The molecule has 4 aromatic heterocycles. The van der Waals surface area contributed by atoms with Gasteiger partial charge in [0.05, 0.1) is 22.8 Å². The van der Waals surface area contributed by atoms with Gasteiger partial charge in [-0.2, -0.15) is 14.0 Å². The molecule has 0 amide bonds. The lowest BCUT2D eigenvalue weighted by molar-refractivity contribution is 0.456. The summed E-state index contributed by atoms with van der Waals surface area (Å²) in [4.78, 5) is 16.3. The maximum atomic E-state index is 13.6. The monoisotopic (exact) mass is 412 g/mol. The van der Waals surface area contributed by atoms with E-state index in [-0.39, 0.29) is 11.9 Å². The van der Waals surface area contributed by atoms with E-state index < -0.39 is 5.95 Å². The summed E-state index contributed by atoms with van der Waals surface area (Å²) < 4.78 is 15.8. The third kappa shape index (κ3) is 3.20. The average Bonchev–Trinajstić information content (AvgIpc) is 3.30. The Kier molecular flexibility index (Phi) is 4.02. The molecule has 1 aliphatic carbocycles. The van der Waals surface area contributed by atoms with Crippen LogP contribution in [0.3, 0.4) is 0 Å². The van der Waals surface area contributed by atoms with E-state index in [0.717, 1.165) is 12.8 Å². The van der Waals surface area contributed by atoms with Crippen molar-refractivity contribution in [2.75, 3.05) is 0 Å². The fraction of sp³-hybridized carbons (Fsp3) is 0.167. The number of pyridine rings is 1. The van der Waals surface area contributed by atoms with Gasteiger partial charge in [-0.05, 0) is 37.2 Å². The van der Waals surface area contributed by atoms with Gasteiger partial charge in [0.2, 0.25) is 11.8 Å². The number of rotatable bonds is 3. The molecule has 2 N–H and O–H groups in total. The van der Waals surface area contributed by atoms with E-state index in [0.29, 0.717) is 36.4 Å². The molecule has 1 aliphatic rings. The highest BCUT2D eigenvalue weighted by Crippen LogP contribution is 2.23. The van der Waals surface area contributed by atoms with Crippen LogP contribution in [0.15, 0.2) is 35.6 Å². The molecule has 0 unspecified atom stereocenters. The van der Waals surface area contributed by atoms with Crippen molar-refractivity contribution < 1.29 is 9.50 Å². The molecule has 4 aromatic rings. The first kappa shape index (κ1) is 17.1. The number of hydrogen-bond acceptors (Lipinski definition) is 7. The zero-order valence-electron chi connectivity index (χ0n) is 14.3. The maximum absolute atomic E-state index is 13.6. The number of nitrogens with one attached hydrogen (secondary N) is 1. The van der Waals surface area contributed by atoms with Crippen LogP contribution in [0, 0.1) is 9.90 Å². The number of H-pyrrole nitrogens is 1. The van der Waals surface area contributed by atoms with Crippen molar-refractivity contribution in [2.45, 2.75) is 18.9 Å². The Labute approximate surface area is 166 Å². The normalized spacial score (nSPS) is 15.6. The Morgan fingerprint density at radius 1 is 1.39 bits per heavy atom. The van der Waals surface area contributed by atoms with Crippen molar-refractivity contribution >= 4 is 35.3 Å². The van der Waals surface area contributed by atoms with Crippen LogP contribution >= 0.6 is 23.6 Å². The van der Waals surface area contributed by atoms with Crippen molar-refractivity contribution in [1.82, 2.24) is 24.6 Å². The highest BCUT2D eigenvalue weighted by Gasteiger charge is 2.20. The van der Waals surface area contributed by atoms with Crippen LogP contribution in [0.4, 0.5) is 4.39 Å². The van der Waals surface area contributed by atoms with Crippen LogP contribution in [0.2, 0.25) is 0 Å². The summed E-state index contributed by atoms with van der Waals surface area (Å²) in [6.07, 6.45) is 6.92. The number of aromatic amines is 1. The number of nitrogens with zero attached hydrogens (tertiary/aromatic N) is 5. The molecule has 0 saturated heterocycles. The Balaban J connectivity index is 1.79. The number of thiazole rings is 1. The summed E-state index contributed by atoms with van der Waals surface area (Å²) in [5.74, 6) is -0.568. The minimum absolute atomic E-state index is 0.00426. The molecule has 10 heteroatoms. The fourth-order valence-corrected chi connectivity index (χ4v) is 3.88. The molecule has 0 atom stereocenters. The van der Waals surface area contributed by atoms with Crippen LogP contribution in [0.5, 0.6) is 5.88 Å². The Bertz CT molecular complexity index is 1390. The van der Waals surface area contributed by atoms with Crippen molar-refractivity contribution in [3.8, 4) is 17.1 Å². The van der Waals surface area contributed by atoms with E-state index in [1.807, 2.05) is 0 Å². The van der Waals surface area contributed by atoms with E-state index in [1.54, 1.807) is 28.9 Å². The lowest BCUT2D eigenvalue weighted by Crippen LogP contribution is -2.19. The standard InChI is InChI=1S/C18H13FN6OS2/c19-14-6-9(3-4-20-14)12-7-15(22-11-1-2-11)25-16(23-12)10(8-21-25)5-13-17(26)24-18(27)28-13/h3-8,11,26H,1-2H2,(H,24,27). The molecular formula is C18H13FN6OS2. The number of halogens is 1. The van der Waals surface area contributed by atoms with Crippen LogP contribution in [0.1, 0.15) is 17.7 Å². The average molecular weight is 412 g/mol. The van der Waals surface area contributed by atoms with Crippen molar-refractivity contribution in [3.05, 3.63) is 56.1 Å². The highest BCUT2D eigenvalue weighted by atomic mass is 32.1. The van der Waals surface area contributed by atoms with Gasteiger partial charge in [0, 0.05) is 29.1 Å². The Morgan fingerprint density at radius 3 is 2.96 bits per heavy atom. The molecule has 7 nitrogen and oxygen atoms in total. The Morgan fingerprint density at radius 2 is 2.25 bits per heavy atom. The van der Waals surface area contributed by atoms with E-state index >= 15 is 0 Å². The van der Waals surface area contributed by atoms with Crippen molar-refractivity contribution in [2.24, 2.45) is 4.99 Å². The van der Waals surface area contributed by atoms with Gasteiger partial charge < -0.3 is 10.1 Å². The summed E-state index contributed by atoms with van der Waals surface area (Å²) in [6, 6.07) is 5.12. The minimum Gasteiger partial charge on any atom is -0.494 e. The number of fused-ring (bicyclic) bond motifs is 1. The maximum Gasteiger partial charge on any atom is 0.213 e. The summed E-state index contributed by atoms with van der Waals surface area (Å²) in [5.41, 5.74) is 2.40.